The highest BCUT2D eigenvalue weighted by atomic mass is 32.2. The maximum Gasteiger partial charge on any atom is 0.216 e. The second-order valence-electron chi connectivity index (χ2n) is 5.14. The van der Waals surface area contributed by atoms with Gasteiger partial charge in [0, 0.05) is 12.6 Å². The quantitative estimate of drug-likeness (QED) is 0.818. The third-order valence-electron chi connectivity index (χ3n) is 3.78. The van der Waals surface area contributed by atoms with Crippen LogP contribution in [0, 0.1) is 5.92 Å². The Kier molecular flexibility index (Phi) is 5.41. The van der Waals surface area contributed by atoms with Crippen molar-refractivity contribution >= 4 is 10.0 Å². The van der Waals surface area contributed by atoms with Crippen molar-refractivity contribution < 1.29 is 8.42 Å². The van der Waals surface area contributed by atoms with E-state index in [0.717, 1.165) is 19.3 Å². The highest BCUT2D eigenvalue weighted by Crippen LogP contribution is 2.30. The number of hydrogen-bond donors (Lipinski definition) is 1. The number of nitrogens with two attached hydrogens (primary N) is 1. The fourth-order valence-electron chi connectivity index (χ4n) is 2.72. The average molecular weight is 262 g/mol. The van der Waals surface area contributed by atoms with Gasteiger partial charge >= 0.3 is 0 Å². The minimum atomic E-state index is -3.15. The predicted molar refractivity (Wildman–Crippen MR) is 71.2 cm³/mol. The Balaban J connectivity index is 2.92. The molecule has 0 aromatic carbocycles. The van der Waals surface area contributed by atoms with Crippen molar-refractivity contribution in [1.82, 2.24) is 4.31 Å². The number of hydrogen-bond acceptors (Lipinski definition) is 3. The number of nitrogens with zero attached hydrogens (tertiary/aromatic N) is 1. The van der Waals surface area contributed by atoms with Crippen molar-refractivity contribution in [2.75, 3.05) is 13.1 Å². The molecule has 1 fully saturated rings. The van der Waals surface area contributed by atoms with Gasteiger partial charge in [0.1, 0.15) is 0 Å². The van der Waals surface area contributed by atoms with Gasteiger partial charge in [0.25, 0.3) is 0 Å². The zero-order valence-electron chi connectivity index (χ0n) is 11.2. The van der Waals surface area contributed by atoms with Gasteiger partial charge in [0.05, 0.1) is 5.25 Å². The Hall–Kier alpha value is -0.130. The molecule has 1 aliphatic rings. The molecule has 4 nitrogen and oxygen atoms in total. The topological polar surface area (TPSA) is 63.4 Å². The molecule has 2 N–H and O–H groups in total. The maximum absolute atomic E-state index is 12.3. The molecular formula is C12H26N2O2S. The lowest BCUT2D eigenvalue weighted by atomic mass is 9.84. The van der Waals surface area contributed by atoms with Crippen molar-refractivity contribution in [3.8, 4) is 0 Å². The molecule has 102 valence electrons. The van der Waals surface area contributed by atoms with Gasteiger partial charge in [-0.2, -0.15) is 4.31 Å². The van der Waals surface area contributed by atoms with E-state index in [-0.39, 0.29) is 11.3 Å². The van der Waals surface area contributed by atoms with Crippen LogP contribution in [0.15, 0.2) is 0 Å². The molecule has 0 heterocycles. The summed E-state index contributed by atoms with van der Waals surface area (Å²) >= 11 is 0. The molecular weight excluding hydrogens is 236 g/mol. The van der Waals surface area contributed by atoms with E-state index in [9.17, 15) is 8.42 Å². The second kappa shape index (κ2) is 6.16. The Labute approximate surface area is 106 Å². The molecule has 17 heavy (non-hydrogen) atoms. The maximum atomic E-state index is 12.3. The van der Waals surface area contributed by atoms with E-state index in [1.807, 2.05) is 6.92 Å². The lowest BCUT2D eigenvalue weighted by molar-refractivity contribution is 0.186. The first-order valence-corrected chi connectivity index (χ1v) is 8.16. The summed E-state index contributed by atoms with van der Waals surface area (Å²) < 4.78 is 26.3. The second-order valence-corrected chi connectivity index (χ2v) is 7.59. The monoisotopic (exact) mass is 262 g/mol. The summed E-state index contributed by atoms with van der Waals surface area (Å²) in [7, 11) is -3.15. The fourth-order valence-corrected chi connectivity index (χ4v) is 4.27. The van der Waals surface area contributed by atoms with E-state index in [2.05, 4.69) is 0 Å². The Morgan fingerprint density at radius 3 is 2.35 bits per heavy atom. The van der Waals surface area contributed by atoms with Gasteiger partial charge in [0.2, 0.25) is 10.0 Å². The van der Waals surface area contributed by atoms with Crippen LogP contribution in [0.2, 0.25) is 0 Å². The molecule has 5 heteroatoms. The highest BCUT2D eigenvalue weighted by molar-refractivity contribution is 7.89. The molecule has 1 rings (SSSR count). The molecule has 0 amide bonds. The fraction of sp³-hybridized carbons (Fsp3) is 1.00. The van der Waals surface area contributed by atoms with Crippen LogP contribution in [0.4, 0.5) is 0 Å². The lowest BCUT2D eigenvalue weighted by Gasteiger charge is -2.39. The smallest absolute Gasteiger partial charge is 0.216 e. The van der Waals surface area contributed by atoms with Crippen LogP contribution in [0.3, 0.4) is 0 Å². The molecule has 0 radical (unpaired) electrons. The minimum Gasteiger partial charge on any atom is -0.330 e. The lowest BCUT2D eigenvalue weighted by Crippen LogP contribution is -2.49. The summed E-state index contributed by atoms with van der Waals surface area (Å²) in [5, 5.41) is -0.345. The van der Waals surface area contributed by atoms with Crippen LogP contribution in [0.5, 0.6) is 0 Å². The van der Waals surface area contributed by atoms with Crippen molar-refractivity contribution in [2.24, 2.45) is 11.7 Å². The van der Waals surface area contributed by atoms with Crippen molar-refractivity contribution in [1.29, 1.82) is 0 Å². The van der Waals surface area contributed by atoms with Crippen LogP contribution in [-0.4, -0.2) is 37.1 Å². The minimum absolute atomic E-state index is 0.117. The number of rotatable bonds is 5. The van der Waals surface area contributed by atoms with Gasteiger partial charge in [0.15, 0.2) is 0 Å². The van der Waals surface area contributed by atoms with Gasteiger partial charge in [-0.15, -0.1) is 0 Å². The van der Waals surface area contributed by atoms with Gasteiger partial charge in [-0.05, 0) is 39.2 Å². The normalized spacial score (nSPS) is 26.7. The standard InChI is InChI=1S/C12H26N2O2S/c1-4-14(17(15,16)10(2)3)12-8-6-5-7-11(12)9-13/h10-12H,4-9,13H2,1-3H3. The zero-order chi connectivity index (χ0) is 13.1. The largest absolute Gasteiger partial charge is 0.330 e. The molecule has 2 atom stereocenters. The van der Waals surface area contributed by atoms with E-state index in [1.165, 1.54) is 6.42 Å². The van der Waals surface area contributed by atoms with Crippen molar-refractivity contribution in [2.45, 2.75) is 57.7 Å². The molecule has 1 aliphatic carbocycles. The summed E-state index contributed by atoms with van der Waals surface area (Å²) in [4.78, 5) is 0. The van der Waals surface area contributed by atoms with E-state index in [1.54, 1.807) is 18.2 Å². The SMILES string of the molecule is CCN(C1CCCCC1CN)S(=O)(=O)C(C)C. The molecule has 0 aromatic rings. The van der Waals surface area contributed by atoms with Crippen LogP contribution in [0.25, 0.3) is 0 Å². The number of sulfonamides is 1. The zero-order valence-corrected chi connectivity index (χ0v) is 12.0. The first kappa shape index (κ1) is 14.9. The summed E-state index contributed by atoms with van der Waals surface area (Å²) in [5.41, 5.74) is 5.78. The van der Waals surface area contributed by atoms with Crippen molar-refractivity contribution in [3.05, 3.63) is 0 Å². The molecule has 2 unspecified atom stereocenters. The Bertz CT molecular complexity index is 327. The van der Waals surface area contributed by atoms with Crippen LogP contribution < -0.4 is 5.73 Å². The van der Waals surface area contributed by atoms with Gasteiger partial charge in [-0.3, -0.25) is 0 Å². The Morgan fingerprint density at radius 1 is 1.29 bits per heavy atom. The summed E-state index contributed by atoms with van der Waals surface area (Å²) in [6.45, 7) is 6.56. The van der Waals surface area contributed by atoms with Crippen LogP contribution in [-0.2, 0) is 10.0 Å². The van der Waals surface area contributed by atoms with E-state index in [0.29, 0.717) is 19.0 Å². The first-order valence-electron chi connectivity index (χ1n) is 6.65. The average Bonchev–Trinajstić information content (AvgIpc) is 2.30. The summed E-state index contributed by atoms with van der Waals surface area (Å²) in [6.07, 6.45) is 4.32. The molecule has 0 aromatic heterocycles. The van der Waals surface area contributed by atoms with Crippen LogP contribution >= 0.6 is 0 Å². The summed E-state index contributed by atoms with van der Waals surface area (Å²) in [6, 6.07) is 0.117. The molecule has 0 spiro atoms. The third-order valence-corrected chi connectivity index (χ3v) is 6.15. The third kappa shape index (κ3) is 3.20. The summed E-state index contributed by atoms with van der Waals surface area (Å²) in [5.74, 6) is 0.331. The van der Waals surface area contributed by atoms with Gasteiger partial charge in [-0.25, -0.2) is 8.42 Å². The molecule has 0 bridgehead atoms. The predicted octanol–water partition coefficient (Wildman–Crippen LogP) is 1.56. The molecule has 0 aliphatic heterocycles. The molecule has 0 saturated heterocycles. The van der Waals surface area contributed by atoms with Gasteiger partial charge in [-0.1, -0.05) is 19.8 Å². The van der Waals surface area contributed by atoms with E-state index < -0.39 is 10.0 Å². The van der Waals surface area contributed by atoms with Gasteiger partial charge < -0.3 is 5.73 Å². The molecule has 1 saturated carbocycles. The van der Waals surface area contributed by atoms with E-state index >= 15 is 0 Å². The Morgan fingerprint density at radius 2 is 1.88 bits per heavy atom. The van der Waals surface area contributed by atoms with Crippen LogP contribution in [0.1, 0.15) is 46.5 Å². The first-order chi connectivity index (χ1) is 7.95. The van der Waals surface area contributed by atoms with E-state index in [4.69, 9.17) is 5.73 Å². The highest BCUT2D eigenvalue weighted by Gasteiger charge is 2.36. The van der Waals surface area contributed by atoms with Crippen molar-refractivity contribution in [3.63, 3.8) is 0 Å².